The van der Waals surface area contributed by atoms with Gasteiger partial charge >= 0.3 is 0 Å². The molecular weight excluding hydrogens is 546 g/mol. The maximum absolute atomic E-state index is 12.6. The maximum atomic E-state index is 12.6. The van der Waals surface area contributed by atoms with Gasteiger partial charge in [-0.25, -0.2) is 13.4 Å². The molecule has 2 heterocycles. The Bertz CT molecular complexity index is 1560. The number of aromatic nitrogens is 1. The van der Waals surface area contributed by atoms with Gasteiger partial charge in [-0.1, -0.05) is 23.5 Å². The Balaban J connectivity index is 1.08. The number of aryl methyl sites for hydroxylation is 2. The van der Waals surface area contributed by atoms with E-state index in [2.05, 4.69) is 45.8 Å². The van der Waals surface area contributed by atoms with E-state index in [0.717, 1.165) is 43.4 Å². The molecule has 2 N–H and O–H groups in total. The van der Waals surface area contributed by atoms with Crippen molar-refractivity contribution < 1.29 is 17.9 Å². The van der Waals surface area contributed by atoms with Crippen LogP contribution in [0, 0.1) is 13.8 Å². The van der Waals surface area contributed by atoms with E-state index < -0.39 is 10.0 Å². The number of nitrogens with one attached hydrogen (secondary N) is 2. The topological polar surface area (TPSA) is 104 Å². The lowest BCUT2D eigenvalue weighted by molar-refractivity contribution is 0.0948. The van der Waals surface area contributed by atoms with Crippen molar-refractivity contribution in [1.82, 2.24) is 15.2 Å². The Kier molecular flexibility index (Phi) is 8.24. The zero-order chi connectivity index (χ0) is 28.3. The molecule has 9 nitrogen and oxygen atoms in total. The highest BCUT2D eigenvalue weighted by Gasteiger charge is 2.21. The summed E-state index contributed by atoms with van der Waals surface area (Å²) in [6.07, 6.45) is 0. The summed E-state index contributed by atoms with van der Waals surface area (Å²) < 4.78 is 34.2. The van der Waals surface area contributed by atoms with E-state index in [1.165, 1.54) is 35.1 Å². The summed E-state index contributed by atoms with van der Waals surface area (Å²) in [5, 5.41) is 4.05. The van der Waals surface area contributed by atoms with Crippen LogP contribution in [-0.4, -0.2) is 70.6 Å². The lowest BCUT2D eigenvalue weighted by atomic mass is 10.1. The third kappa shape index (κ3) is 6.22. The number of amides is 1. The van der Waals surface area contributed by atoms with Gasteiger partial charge in [-0.15, -0.1) is 0 Å². The van der Waals surface area contributed by atoms with Crippen LogP contribution in [0.4, 0.5) is 10.8 Å². The fourth-order valence-corrected chi connectivity index (χ4v) is 6.86. The molecule has 11 heteroatoms. The van der Waals surface area contributed by atoms with Gasteiger partial charge in [-0.3, -0.25) is 14.4 Å². The normalized spacial score (nSPS) is 14.3. The van der Waals surface area contributed by atoms with Crippen LogP contribution in [0.15, 0.2) is 65.6 Å². The number of benzene rings is 3. The SMILES string of the molecule is COc1ccc(S(=O)(=O)Nc2ccc(C(=O)NCCN3CCN(c4nc5c(C)ccc(C)c5s4)CC3)cc2)cc1. The van der Waals surface area contributed by atoms with Gasteiger partial charge in [-0.2, -0.15) is 0 Å². The minimum atomic E-state index is -3.75. The average Bonchev–Trinajstić information content (AvgIpc) is 3.43. The molecule has 0 unspecified atom stereocenters. The second kappa shape index (κ2) is 11.8. The van der Waals surface area contributed by atoms with Crippen LogP contribution in [0.1, 0.15) is 21.5 Å². The molecule has 0 radical (unpaired) electrons. The molecule has 1 aliphatic heterocycles. The molecule has 0 atom stereocenters. The standard InChI is InChI=1S/C29H33N5O4S2/c1-20-4-5-21(2)27-26(20)31-29(39-27)34-18-16-33(17-19-34)15-14-30-28(35)22-6-8-23(9-7-22)32-40(36,37)25-12-10-24(38-3)11-13-25/h4-13,32H,14-19H2,1-3H3,(H,30,35). The van der Waals surface area contributed by atoms with Crippen molar-refractivity contribution in [3.8, 4) is 5.75 Å². The molecule has 0 spiro atoms. The predicted octanol–water partition coefficient (Wildman–Crippen LogP) is 4.27. The molecule has 1 saturated heterocycles. The Morgan fingerprint density at radius 2 is 1.62 bits per heavy atom. The first-order valence-corrected chi connectivity index (χ1v) is 15.4. The first-order chi connectivity index (χ1) is 19.2. The van der Waals surface area contributed by atoms with Crippen molar-refractivity contribution in [2.75, 3.05) is 56.0 Å². The van der Waals surface area contributed by atoms with E-state index >= 15 is 0 Å². The Morgan fingerprint density at radius 3 is 2.27 bits per heavy atom. The summed E-state index contributed by atoms with van der Waals surface area (Å²) in [6.45, 7) is 9.16. The summed E-state index contributed by atoms with van der Waals surface area (Å²) in [4.78, 5) is 22.4. The number of carbonyl (C=O) groups is 1. The van der Waals surface area contributed by atoms with Gasteiger partial charge in [0, 0.05) is 50.5 Å². The van der Waals surface area contributed by atoms with Crippen molar-refractivity contribution in [3.63, 3.8) is 0 Å². The molecule has 0 saturated carbocycles. The largest absolute Gasteiger partial charge is 0.497 e. The van der Waals surface area contributed by atoms with E-state index in [9.17, 15) is 13.2 Å². The van der Waals surface area contributed by atoms with Crippen LogP contribution in [0.5, 0.6) is 5.75 Å². The van der Waals surface area contributed by atoms with Gasteiger partial charge in [0.25, 0.3) is 15.9 Å². The average molecular weight is 580 g/mol. The van der Waals surface area contributed by atoms with Crippen molar-refractivity contribution in [1.29, 1.82) is 0 Å². The Labute approximate surface area is 238 Å². The lowest BCUT2D eigenvalue weighted by Gasteiger charge is -2.34. The van der Waals surface area contributed by atoms with Gasteiger partial charge in [0.1, 0.15) is 5.75 Å². The maximum Gasteiger partial charge on any atom is 0.261 e. The highest BCUT2D eigenvalue weighted by Crippen LogP contribution is 2.33. The minimum absolute atomic E-state index is 0.126. The molecule has 1 aromatic heterocycles. The monoisotopic (exact) mass is 579 g/mol. The van der Waals surface area contributed by atoms with Crippen LogP contribution < -0.4 is 19.7 Å². The number of ether oxygens (including phenoxy) is 1. The van der Waals surface area contributed by atoms with Gasteiger partial charge in [-0.05, 0) is 73.5 Å². The molecule has 1 amide bonds. The molecule has 5 rings (SSSR count). The second-order valence-corrected chi connectivity index (χ2v) is 12.5. The predicted molar refractivity (Wildman–Crippen MR) is 160 cm³/mol. The van der Waals surface area contributed by atoms with E-state index in [-0.39, 0.29) is 10.8 Å². The van der Waals surface area contributed by atoms with Crippen LogP contribution in [0.25, 0.3) is 10.2 Å². The summed E-state index contributed by atoms with van der Waals surface area (Å²) in [5.41, 5.74) is 4.43. The highest BCUT2D eigenvalue weighted by atomic mass is 32.2. The molecular formula is C29H33N5O4S2. The summed E-state index contributed by atoms with van der Waals surface area (Å²) >= 11 is 1.77. The molecule has 3 aromatic carbocycles. The lowest BCUT2D eigenvalue weighted by Crippen LogP contribution is -2.48. The van der Waals surface area contributed by atoms with Crippen molar-refractivity contribution in [2.45, 2.75) is 18.7 Å². The van der Waals surface area contributed by atoms with Crippen LogP contribution in [0.3, 0.4) is 0 Å². The molecule has 0 bridgehead atoms. The fourth-order valence-electron chi connectivity index (χ4n) is 4.63. The smallest absolute Gasteiger partial charge is 0.261 e. The van der Waals surface area contributed by atoms with E-state index in [0.29, 0.717) is 23.5 Å². The highest BCUT2D eigenvalue weighted by molar-refractivity contribution is 7.92. The third-order valence-electron chi connectivity index (χ3n) is 7.06. The zero-order valence-electron chi connectivity index (χ0n) is 22.8. The van der Waals surface area contributed by atoms with Gasteiger partial charge in [0.05, 0.1) is 22.2 Å². The second-order valence-electron chi connectivity index (χ2n) is 9.82. The quantitative estimate of drug-likeness (QED) is 0.305. The number of nitrogens with zero attached hydrogens (tertiary/aromatic N) is 3. The number of hydrogen-bond acceptors (Lipinski definition) is 8. The molecule has 1 fully saturated rings. The molecule has 0 aliphatic carbocycles. The number of hydrogen-bond donors (Lipinski definition) is 2. The van der Waals surface area contributed by atoms with E-state index in [1.807, 2.05) is 0 Å². The number of rotatable bonds is 9. The molecule has 4 aromatic rings. The molecule has 40 heavy (non-hydrogen) atoms. The summed E-state index contributed by atoms with van der Waals surface area (Å²) in [7, 11) is -2.23. The van der Waals surface area contributed by atoms with Crippen molar-refractivity contribution >= 4 is 48.3 Å². The number of piperazine rings is 1. The van der Waals surface area contributed by atoms with Crippen LogP contribution >= 0.6 is 11.3 Å². The number of fused-ring (bicyclic) bond motifs is 1. The Hall–Kier alpha value is -3.67. The number of anilines is 2. The van der Waals surface area contributed by atoms with Crippen molar-refractivity contribution in [2.24, 2.45) is 0 Å². The third-order valence-corrected chi connectivity index (χ3v) is 9.71. The number of thiazole rings is 1. The number of methoxy groups -OCH3 is 1. The first kappa shape index (κ1) is 27.9. The van der Waals surface area contributed by atoms with Crippen LogP contribution in [-0.2, 0) is 10.0 Å². The summed E-state index contributed by atoms with van der Waals surface area (Å²) in [5.74, 6) is 0.384. The zero-order valence-corrected chi connectivity index (χ0v) is 24.4. The fraction of sp³-hybridized carbons (Fsp3) is 0.310. The summed E-state index contributed by atoms with van der Waals surface area (Å²) in [6, 6.07) is 16.8. The molecule has 1 aliphatic rings. The van der Waals surface area contributed by atoms with Gasteiger partial charge in [0.2, 0.25) is 0 Å². The first-order valence-electron chi connectivity index (χ1n) is 13.1. The van der Waals surface area contributed by atoms with Gasteiger partial charge in [0.15, 0.2) is 5.13 Å². The number of carbonyl (C=O) groups excluding carboxylic acids is 1. The number of sulfonamides is 1. The van der Waals surface area contributed by atoms with Gasteiger partial charge < -0.3 is 15.0 Å². The van der Waals surface area contributed by atoms with Crippen molar-refractivity contribution in [3.05, 3.63) is 77.4 Å². The van der Waals surface area contributed by atoms with E-state index in [1.54, 1.807) is 47.7 Å². The Morgan fingerprint density at radius 1 is 0.950 bits per heavy atom. The van der Waals surface area contributed by atoms with E-state index in [4.69, 9.17) is 9.72 Å². The minimum Gasteiger partial charge on any atom is -0.497 e. The molecule has 210 valence electrons. The van der Waals surface area contributed by atoms with Crippen LogP contribution in [0.2, 0.25) is 0 Å².